The molecule has 7 fully saturated rings. The summed E-state index contributed by atoms with van der Waals surface area (Å²) in [5, 5.41) is 141. The lowest BCUT2D eigenvalue weighted by atomic mass is 9.33. The van der Waals surface area contributed by atoms with Crippen LogP contribution in [0.4, 0.5) is 0 Å². The van der Waals surface area contributed by atoms with Crippen LogP contribution < -0.4 is 0 Å². The largest absolute Gasteiger partial charge is 0.481 e. The summed E-state index contributed by atoms with van der Waals surface area (Å²) in [5.74, 6) is -2.86. The van der Waals surface area contributed by atoms with Crippen LogP contribution in [0, 0.1) is 50.2 Å². The van der Waals surface area contributed by atoms with E-state index < -0.39 is 164 Å². The molecule has 0 aromatic rings. The van der Waals surface area contributed by atoms with E-state index in [2.05, 4.69) is 33.8 Å². The summed E-state index contributed by atoms with van der Waals surface area (Å²) in [6.07, 6.45) is -22.5. The van der Waals surface area contributed by atoms with Crippen LogP contribution in [0.3, 0.4) is 0 Å². The second kappa shape index (κ2) is 18.7. The fourth-order valence-corrected chi connectivity index (χ4v) is 15.1. The third-order valence-corrected chi connectivity index (χ3v) is 19.4. The first-order chi connectivity index (χ1) is 32.2. The number of rotatable bonds is 11. The smallest absolute Gasteiger partial charge is 0.312 e. The van der Waals surface area contributed by atoms with Gasteiger partial charge in [-0.1, -0.05) is 46.3 Å². The van der Waals surface area contributed by atoms with Crippen molar-refractivity contribution in [1.29, 1.82) is 0 Å². The Labute approximate surface area is 400 Å². The van der Waals surface area contributed by atoms with E-state index in [0.717, 1.165) is 12.8 Å². The summed E-state index contributed by atoms with van der Waals surface area (Å²) in [6, 6.07) is 0. The van der Waals surface area contributed by atoms with Gasteiger partial charge in [-0.15, -0.1) is 0 Å². The number of hydrogen-bond acceptors (Lipinski definition) is 19. The summed E-state index contributed by atoms with van der Waals surface area (Å²) in [6.45, 7) is 10.1. The highest BCUT2D eigenvalue weighted by Gasteiger charge is 2.73. The maximum Gasteiger partial charge on any atom is 0.312 e. The lowest BCUT2D eigenvalue weighted by Crippen LogP contribution is -2.70. The molecule has 8 rings (SSSR count). The normalized spacial score (nSPS) is 54.0. The Kier molecular flexibility index (Phi) is 14.5. The molecule has 394 valence electrons. The minimum absolute atomic E-state index is 0.0367. The van der Waals surface area contributed by atoms with Crippen LogP contribution in [0.2, 0.25) is 0 Å². The molecule has 0 bridgehead atoms. The zero-order chi connectivity index (χ0) is 50.7. The lowest BCUT2D eigenvalue weighted by Gasteiger charge is -2.71. The second-order valence-electron chi connectivity index (χ2n) is 23.4. The quantitative estimate of drug-likeness (QED) is 0.0849. The van der Waals surface area contributed by atoms with E-state index in [1.54, 1.807) is 0 Å². The summed E-state index contributed by atoms with van der Waals surface area (Å²) in [5.41, 5.74) is -3.05. The molecule has 69 heavy (non-hydrogen) atoms. The number of ether oxygens (including phenoxy) is 6. The van der Waals surface area contributed by atoms with Gasteiger partial charge in [0.15, 0.2) is 18.9 Å². The zero-order valence-electron chi connectivity index (χ0n) is 40.2. The van der Waals surface area contributed by atoms with Crippen LogP contribution in [-0.4, -0.2) is 202 Å². The molecular weight excluding hydrogens is 913 g/mol. The van der Waals surface area contributed by atoms with Gasteiger partial charge in [-0.2, -0.15) is 0 Å². The number of carboxylic acids is 2. The van der Waals surface area contributed by atoms with Crippen LogP contribution in [0.25, 0.3) is 0 Å². The molecule has 0 aromatic carbocycles. The van der Waals surface area contributed by atoms with Crippen molar-refractivity contribution in [3.8, 4) is 0 Å². The Bertz CT molecular complexity index is 1930. The predicted molar refractivity (Wildman–Crippen MR) is 234 cm³/mol. The molecule has 5 aliphatic carbocycles. The van der Waals surface area contributed by atoms with Gasteiger partial charge in [-0.05, 0) is 104 Å². The molecular formula is C48H76O21. The topological polar surface area (TPSA) is 353 Å². The van der Waals surface area contributed by atoms with E-state index >= 15 is 0 Å². The van der Waals surface area contributed by atoms with Crippen molar-refractivity contribution >= 4 is 11.9 Å². The molecule has 0 radical (unpaired) electrons. The Morgan fingerprint density at radius 3 is 1.81 bits per heavy atom. The monoisotopic (exact) mass is 988 g/mol. The van der Waals surface area contributed by atoms with Crippen LogP contribution in [-0.2, 0) is 38.0 Å². The SMILES string of the molecule is CC1(C)CC[C@]2(C(=O)O)CC[C@]3(C)C(=CC[C@@H]4[C@@]5(C)C[C@H](O)[C@H](O[C@H]6O[C@H](CO)[C@@H](O)[C@H](O[C@@H]7O[C@H](CO[C@@H]8O[C@H](CO)[C@@H](O)[C@H](O)[C@H]8O)[C@@H](O)[C@H](O)[C@H]7O)[C@H]6O)[C@@](C)(C(=O)O)[C@@H]5CC[C@]43C)[C@@H]2C1. The Balaban J connectivity index is 1.02. The number of aliphatic carboxylic acids is 2. The fraction of sp³-hybridized carbons (Fsp3) is 0.917. The molecule has 21 heteroatoms. The van der Waals surface area contributed by atoms with Crippen LogP contribution in [0.5, 0.6) is 0 Å². The standard InChI is InChI=1S/C48H76O21/c1-43(2)11-13-48(42(62)63)14-12-45(4)20(21(48)15-43)7-8-26-44(3)16-22(51)37(47(6,41(60)61)27(44)9-10-46(26,45)5)69-40-35(59)36(30(54)24(18-50)66-40)68-39-34(58)32(56)29(53)25(67-39)19-64-38-33(57)31(55)28(52)23(17-49)65-38/h7,21-40,49-59H,8-19H2,1-6H3,(H,60,61)(H,62,63)/t21-,22-,23+,24+,25+,26+,27+,28+,29+,30+,31-,32-,33+,34+,35+,36-,37-,38+,39-,40+,44+,45+,46+,47-,48-/m0/s1. The summed E-state index contributed by atoms with van der Waals surface area (Å²) in [4.78, 5) is 27.0. The third kappa shape index (κ3) is 8.25. The predicted octanol–water partition coefficient (Wildman–Crippen LogP) is -1.26. The maximum atomic E-state index is 13.8. The summed E-state index contributed by atoms with van der Waals surface area (Å²) < 4.78 is 34.7. The van der Waals surface area contributed by atoms with Crippen LogP contribution >= 0.6 is 0 Å². The van der Waals surface area contributed by atoms with E-state index in [9.17, 15) is 76.0 Å². The number of aliphatic hydroxyl groups is 11. The average molecular weight is 989 g/mol. The van der Waals surface area contributed by atoms with Crippen molar-refractivity contribution in [2.75, 3.05) is 19.8 Å². The van der Waals surface area contributed by atoms with E-state index in [4.69, 9.17) is 28.4 Å². The Morgan fingerprint density at radius 2 is 1.19 bits per heavy atom. The number of allylic oxidation sites excluding steroid dienone is 2. The minimum Gasteiger partial charge on any atom is -0.481 e. The highest BCUT2D eigenvalue weighted by Crippen LogP contribution is 2.76. The van der Waals surface area contributed by atoms with Crippen molar-refractivity contribution in [2.45, 2.75) is 204 Å². The van der Waals surface area contributed by atoms with Gasteiger partial charge in [0, 0.05) is 0 Å². The van der Waals surface area contributed by atoms with Crippen molar-refractivity contribution in [3.05, 3.63) is 11.6 Å². The first-order valence-corrected chi connectivity index (χ1v) is 24.6. The van der Waals surface area contributed by atoms with E-state index in [0.29, 0.717) is 38.5 Å². The van der Waals surface area contributed by atoms with Gasteiger partial charge < -0.3 is 94.8 Å². The number of aliphatic hydroxyl groups excluding tert-OH is 11. The molecule has 0 aromatic heterocycles. The fourth-order valence-electron chi connectivity index (χ4n) is 15.1. The van der Waals surface area contributed by atoms with Crippen molar-refractivity contribution < 1.29 is 104 Å². The number of carboxylic acid groups (broad SMARTS) is 2. The molecule has 3 aliphatic heterocycles. The van der Waals surface area contributed by atoms with Gasteiger partial charge in [0.05, 0.1) is 36.8 Å². The van der Waals surface area contributed by atoms with Crippen molar-refractivity contribution in [2.24, 2.45) is 50.2 Å². The van der Waals surface area contributed by atoms with Crippen LogP contribution in [0.1, 0.15) is 99.3 Å². The van der Waals surface area contributed by atoms with Gasteiger partial charge >= 0.3 is 11.9 Å². The van der Waals surface area contributed by atoms with E-state index in [1.807, 2.05) is 6.92 Å². The summed E-state index contributed by atoms with van der Waals surface area (Å²) in [7, 11) is 0. The molecule has 21 nitrogen and oxygen atoms in total. The molecule has 3 saturated heterocycles. The van der Waals surface area contributed by atoms with E-state index in [1.165, 1.54) is 12.5 Å². The molecule has 13 N–H and O–H groups in total. The third-order valence-electron chi connectivity index (χ3n) is 19.4. The Morgan fingerprint density at radius 1 is 0.623 bits per heavy atom. The lowest BCUT2D eigenvalue weighted by molar-refractivity contribution is -0.376. The van der Waals surface area contributed by atoms with Gasteiger partial charge in [0.25, 0.3) is 0 Å². The number of fused-ring (bicyclic) bond motifs is 7. The molecule has 0 amide bonds. The first kappa shape index (κ1) is 53.3. The number of carbonyl (C=O) groups is 2. The van der Waals surface area contributed by atoms with Crippen molar-refractivity contribution in [1.82, 2.24) is 0 Å². The molecule has 3 heterocycles. The molecule has 8 aliphatic rings. The average Bonchev–Trinajstić information content (AvgIpc) is 3.28. The van der Waals surface area contributed by atoms with E-state index in [-0.39, 0.29) is 29.1 Å². The van der Waals surface area contributed by atoms with Gasteiger partial charge in [0.2, 0.25) is 0 Å². The summed E-state index contributed by atoms with van der Waals surface area (Å²) >= 11 is 0. The molecule has 4 saturated carbocycles. The van der Waals surface area contributed by atoms with Gasteiger partial charge in [-0.25, -0.2) is 0 Å². The van der Waals surface area contributed by atoms with Gasteiger partial charge in [-0.3, -0.25) is 9.59 Å². The van der Waals surface area contributed by atoms with Crippen molar-refractivity contribution in [3.63, 3.8) is 0 Å². The highest BCUT2D eigenvalue weighted by molar-refractivity contribution is 5.77. The molecule has 0 unspecified atom stereocenters. The first-order valence-electron chi connectivity index (χ1n) is 24.6. The Hall–Kier alpha value is -2.00. The number of hydrogen-bond donors (Lipinski definition) is 13. The molecule has 25 atom stereocenters. The molecule has 0 spiro atoms. The minimum atomic E-state index is -2.03. The van der Waals surface area contributed by atoms with Gasteiger partial charge in [0.1, 0.15) is 79.4 Å². The maximum absolute atomic E-state index is 13.8. The second-order valence-corrected chi connectivity index (χ2v) is 23.4. The zero-order valence-corrected chi connectivity index (χ0v) is 40.2. The highest BCUT2D eigenvalue weighted by atomic mass is 16.8. The van der Waals surface area contributed by atoms with Crippen LogP contribution in [0.15, 0.2) is 11.6 Å².